The minimum absolute atomic E-state index is 0.00241. The molecule has 0 heterocycles. The van der Waals surface area contributed by atoms with Crippen LogP contribution in [0.4, 0.5) is 0 Å². The average Bonchev–Trinajstić information content (AvgIpc) is 2.39. The lowest BCUT2D eigenvalue weighted by molar-refractivity contribution is -0.161. The van der Waals surface area contributed by atoms with Crippen LogP contribution < -0.4 is 0 Å². The Labute approximate surface area is 109 Å². The van der Waals surface area contributed by atoms with E-state index < -0.39 is 11.5 Å². The second kappa shape index (κ2) is 6.01. The van der Waals surface area contributed by atoms with Gasteiger partial charge in [-0.3, -0.25) is 4.79 Å². The van der Waals surface area contributed by atoms with Crippen molar-refractivity contribution in [2.24, 2.45) is 11.8 Å². The number of aliphatic hydroxyl groups is 1. The zero-order valence-electron chi connectivity index (χ0n) is 11.5. The monoisotopic (exact) mass is 250 g/mol. The van der Waals surface area contributed by atoms with E-state index in [1.165, 1.54) is 7.11 Å². The molecule has 0 amide bonds. The van der Waals surface area contributed by atoms with Gasteiger partial charge in [0.15, 0.2) is 0 Å². The number of carbonyl (C=O) groups excluding carboxylic acids is 1. The summed E-state index contributed by atoms with van der Waals surface area (Å²) in [5.41, 5.74) is -0.417. The number of hydrogen-bond donors (Lipinski definition) is 1. The number of carbonyl (C=O) groups is 1. The van der Waals surface area contributed by atoms with Gasteiger partial charge >= 0.3 is 5.97 Å². The fraction of sp³-hybridized carbons (Fsp3) is 0.533. The molecule has 1 rings (SSSR count). The molecule has 0 aromatic heterocycles. The fourth-order valence-electron chi connectivity index (χ4n) is 2.48. The van der Waals surface area contributed by atoms with Gasteiger partial charge in [-0.15, -0.1) is 0 Å². The molecule has 2 unspecified atom stereocenters. The van der Waals surface area contributed by atoms with Crippen LogP contribution in [-0.4, -0.2) is 18.2 Å². The Hall–Kier alpha value is -1.35. The number of benzene rings is 1. The van der Waals surface area contributed by atoms with Crippen LogP contribution in [0.2, 0.25) is 0 Å². The van der Waals surface area contributed by atoms with Gasteiger partial charge in [-0.25, -0.2) is 0 Å². The molecule has 1 aromatic carbocycles. The summed E-state index contributed by atoms with van der Waals surface area (Å²) in [6.45, 7) is 5.72. The van der Waals surface area contributed by atoms with Crippen LogP contribution in [0.5, 0.6) is 0 Å². The smallest absolute Gasteiger partial charge is 0.312 e. The zero-order chi connectivity index (χ0) is 13.8. The van der Waals surface area contributed by atoms with E-state index >= 15 is 0 Å². The predicted molar refractivity (Wildman–Crippen MR) is 71.0 cm³/mol. The summed E-state index contributed by atoms with van der Waals surface area (Å²) in [6.07, 6.45) is 0.467. The molecule has 0 saturated carbocycles. The number of ether oxygens (including phenoxy) is 1. The molecular weight excluding hydrogens is 228 g/mol. The maximum absolute atomic E-state index is 12.0. The first-order valence-corrected chi connectivity index (χ1v) is 6.33. The van der Waals surface area contributed by atoms with Gasteiger partial charge in [0, 0.05) is 0 Å². The van der Waals surface area contributed by atoms with Crippen molar-refractivity contribution in [2.75, 3.05) is 7.11 Å². The molecule has 0 bridgehead atoms. The lowest BCUT2D eigenvalue weighted by atomic mass is 9.74. The second-order valence-corrected chi connectivity index (χ2v) is 4.89. The summed E-state index contributed by atoms with van der Waals surface area (Å²) in [6, 6.07) is 9.32. The summed E-state index contributed by atoms with van der Waals surface area (Å²) in [5.74, 6) is -0.921. The van der Waals surface area contributed by atoms with E-state index in [1.54, 1.807) is 0 Å². The van der Waals surface area contributed by atoms with Crippen LogP contribution in [0.1, 0.15) is 32.8 Å². The Balaban J connectivity index is 3.23. The van der Waals surface area contributed by atoms with Gasteiger partial charge in [-0.2, -0.15) is 0 Å². The van der Waals surface area contributed by atoms with Crippen molar-refractivity contribution in [2.45, 2.75) is 32.8 Å². The van der Waals surface area contributed by atoms with Gasteiger partial charge in [0.25, 0.3) is 0 Å². The SMILES string of the molecule is CCC(O)(c1ccccc1)C(C(=O)OC)C(C)C. The van der Waals surface area contributed by atoms with Crippen LogP contribution in [0.3, 0.4) is 0 Å². The second-order valence-electron chi connectivity index (χ2n) is 4.89. The molecule has 0 radical (unpaired) electrons. The largest absolute Gasteiger partial charge is 0.469 e. The predicted octanol–water partition coefficient (Wildman–Crippen LogP) is 2.73. The highest BCUT2D eigenvalue weighted by atomic mass is 16.5. The molecule has 0 aliphatic rings. The molecule has 0 aliphatic carbocycles. The van der Waals surface area contributed by atoms with E-state index in [0.29, 0.717) is 6.42 Å². The highest BCUT2D eigenvalue weighted by Crippen LogP contribution is 2.38. The normalized spacial score (nSPS) is 16.1. The van der Waals surface area contributed by atoms with Crippen molar-refractivity contribution in [3.8, 4) is 0 Å². The van der Waals surface area contributed by atoms with Gasteiger partial charge in [0.1, 0.15) is 5.60 Å². The molecule has 3 heteroatoms. The molecule has 1 N–H and O–H groups in total. The van der Waals surface area contributed by atoms with E-state index in [1.807, 2.05) is 51.1 Å². The fourth-order valence-corrected chi connectivity index (χ4v) is 2.48. The van der Waals surface area contributed by atoms with Crippen molar-refractivity contribution in [1.29, 1.82) is 0 Å². The number of methoxy groups -OCH3 is 1. The third-order valence-electron chi connectivity index (χ3n) is 3.45. The standard InChI is InChI=1S/C15H22O3/c1-5-15(17,12-9-7-6-8-10-12)13(11(2)3)14(16)18-4/h6-11,13,17H,5H2,1-4H3. The Morgan fingerprint density at radius 1 is 1.33 bits per heavy atom. The molecule has 0 aliphatic heterocycles. The topological polar surface area (TPSA) is 46.5 Å². The molecule has 3 nitrogen and oxygen atoms in total. The minimum atomic E-state index is -1.18. The number of rotatable bonds is 5. The summed E-state index contributed by atoms with van der Waals surface area (Å²) in [4.78, 5) is 12.0. The molecule has 0 fully saturated rings. The van der Waals surface area contributed by atoms with Crippen molar-refractivity contribution in [3.63, 3.8) is 0 Å². The first-order chi connectivity index (χ1) is 8.47. The van der Waals surface area contributed by atoms with E-state index in [-0.39, 0.29) is 11.9 Å². The van der Waals surface area contributed by atoms with E-state index in [2.05, 4.69) is 0 Å². The van der Waals surface area contributed by atoms with Crippen LogP contribution in [0, 0.1) is 11.8 Å². The summed E-state index contributed by atoms with van der Waals surface area (Å²) >= 11 is 0. The van der Waals surface area contributed by atoms with Gasteiger partial charge in [0.05, 0.1) is 13.0 Å². The van der Waals surface area contributed by atoms with Crippen molar-refractivity contribution < 1.29 is 14.6 Å². The third-order valence-corrected chi connectivity index (χ3v) is 3.45. The van der Waals surface area contributed by atoms with Crippen LogP contribution in [-0.2, 0) is 15.1 Å². The quantitative estimate of drug-likeness (QED) is 0.817. The third kappa shape index (κ3) is 2.72. The Morgan fingerprint density at radius 2 is 1.89 bits per heavy atom. The Morgan fingerprint density at radius 3 is 2.28 bits per heavy atom. The molecule has 0 spiro atoms. The molecule has 18 heavy (non-hydrogen) atoms. The van der Waals surface area contributed by atoms with E-state index in [0.717, 1.165) is 5.56 Å². The first kappa shape index (κ1) is 14.7. The van der Waals surface area contributed by atoms with Crippen molar-refractivity contribution in [3.05, 3.63) is 35.9 Å². The van der Waals surface area contributed by atoms with Crippen LogP contribution >= 0.6 is 0 Å². The van der Waals surface area contributed by atoms with E-state index in [4.69, 9.17) is 4.74 Å². The lowest BCUT2D eigenvalue weighted by Crippen LogP contribution is -2.43. The molecule has 2 atom stereocenters. The molecular formula is C15H22O3. The summed E-state index contributed by atoms with van der Waals surface area (Å²) < 4.78 is 4.84. The molecule has 0 saturated heterocycles. The Bertz CT molecular complexity index is 386. The van der Waals surface area contributed by atoms with Crippen molar-refractivity contribution >= 4 is 5.97 Å². The van der Waals surface area contributed by atoms with Gasteiger partial charge in [-0.05, 0) is 17.9 Å². The maximum atomic E-state index is 12.0. The van der Waals surface area contributed by atoms with Crippen molar-refractivity contribution in [1.82, 2.24) is 0 Å². The zero-order valence-corrected chi connectivity index (χ0v) is 11.5. The molecule has 1 aromatic rings. The highest BCUT2D eigenvalue weighted by Gasteiger charge is 2.43. The minimum Gasteiger partial charge on any atom is -0.469 e. The van der Waals surface area contributed by atoms with Gasteiger partial charge in [-0.1, -0.05) is 51.1 Å². The van der Waals surface area contributed by atoms with Gasteiger partial charge in [0.2, 0.25) is 0 Å². The molecule has 100 valence electrons. The summed E-state index contributed by atoms with van der Waals surface area (Å²) in [5, 5.41) is 10.9. The highest BCUT2D eigenvalue weighted by molar-refractivity contribution is 5.74. The Kier molecular flexibility index (Phi) is 4.91. The average molecular weight is 250 g/mol. The lowest BCUT2D eigenvalue weighted by Gasteiger charge is -2.36. The maximum Gasteiger partial charge on any atom is 0.312 e. The van der Waals surface area contributed by atoms with E-state index in [9.17, 15) is 9.90 Å². The number of esters is 1. The van der Waals surface area contributed by atoms with Gasteiger partial charge < -0.3 is 9.84 Å². The van der Waals surface area contributed by atoms with Crippen LogP contribution in [0.25, 0.3) is 0 Å². The first-order valence-electron chi connectivity index (χ1n) is 6.33. The number of hydrogen-bond acceptors (Lipinski definition) is 3. The van der Waals surface area contributed by atoms with Crippen LogP contribution in [0.15, 0.2) is 30.3 Å². The summed E-state index contributed by atoms with van der Waals surface area (Å²) in [7, 11) is 1.36.